The molecule has 0 saturated carbocycles. The Kier molecular flexibility index (Phi) is 6.47. The number of rotatable bonds is 6. The first-order valence-corrected chi connectivity index (χ1v) is 8.25. The molecule has 140 valence electrons. The fraction of sp³-hybridized carbons (Fsp3) is 0.333. The van der Waals surface area contributed by atoms with E-state index in [0.717, 1.165) is 11.3 Å². The number of alkyl halides is 3. The maximum atomic E-state index is 12.8. The Bertz CT molecular complexity index is 764. The van der Waals surface area contributed by atoms with Gasteiger partial charge in [0.1, 0.15) is 10.9 Å². The molecule has 0 radical (unpaired) electrons. The van der Waals surface area contributed by atoms with Crippen molar-refractivity contribution in [2.24, 2.45) is 0 Å². The fourth-order valence-electron chi connectivity index (χ4n) is 2.31. The molecule has 0 saturated heterocycles. The van der Waals surface area contributed by atoms with Crippen LogP contribution in [0.5, 0.6) is 5.75 Å². The van der Waals surface area contributed by atoms with Crippen molar-refractivity contribution in [3.8, 4) is 5.75 Å². The monoisotopic (exact) mass is 386 g/mol. The van der Waals surface area contributed by atoms with Gasteiger partial charge in [-0.15, -0.1) is 0 Å². The minimum Gasteiger partial charge on any atom is -0.497 e. The van der Waals surface area contributed by atoms with Gasteiger partial charge in [0.2, 0.25) is 0 Å². The smallest absolute Gasteiger partial charge is 0.417 e. The largest absolute Gasteiger partial charge is 0.497 e. The van der Waals surface area contributed by atoms with E-state index in [1.54, 1.807) is 14.0 Å². The second-order valence-electron chi connectivity index (χ2n) is 5.82. The van der Waals surface area contributed by atoms with Gasteiger partial charge in [-0.1, -0.05) is 23.7 Å². The van der Waals surface area contributed by atoms with Gasteiger partial charge in [-0.2, -0.15) is 13.2 Å². The molecule has 0 aliphatic heterocycles. The summed E-state index contributed by atoms with van der Waals surface area (Å²) >= 11 is 5.77. The molecule has 0 spiro atoms. The van der Waals surface area contributed by atoms with Crippen molar-refractivity contribution < 1.29 is 22.7 Å². The van der Waals surface area contributed by atoms with Crippen molar-refractivity contribution in [1.82, 2.24) is 10.3 Å². The van der Waals surface area contributed by atoms with Crippen molar-refractivity contribution in [2.75, 3.05) is 7.11 Å². The van der Waals surface area contributed by atoms with Crippen LogP contribution in [0.4, 0.5) is 13.2 Å². The van der Waals surface area contributed by atoms with Gasteiger partial charge in [0.05, 0.1) is 18.2 Å². The van der Waals surface area contributed by atoms with Crippen LogP contribution in [0.3, 0.4) is 0 Å². The number of aromatic nitrogens is 1. The Balaban J connectivity index is 1.98. The quantitative estimate of drug-likeness (QED) is 0.743. The van der Waals surface area contributed by atoms with Gasteiger partial charge in [-0.3, -0.25) is 4.79 Å². The molecule has 0 fully saturated rings. The maximum absolute atomic E-state index is 12.8. The highest BCUT2D eigenvalue weighted by Gasteiger charge is 2.32. The zero-order chi connectivity index (χ0) is 19.3. The van der Waals surface area contributed by atoms with Crippen LogP contribution in [-0.2, 0) is 12.6 Å². The highest BCUT2D eigenvalue weighted by Crippen LogP contribution is 2.30. The van der Waals surface area contributed by atoms with Crippen LogP contribution in [0.15, 0.2) is 36.5 Å². The first kappa shape index (κ1) is 20.0. The van der Waals surface area contributed by atoms with Crippen LogP contribution in [0, 0.1) is 0 Å². The highest BCUT2D eigenvalue weighted by molar-refractivity contribution is 6.32. The summed E-state index contributed by atoms with van der Waals surface area (Å²) in [5, 5.41) is 2.39. The second kappa shape index (κ2) is 8.40. The SMILES string of the molecule is COc1ccc(CCC(C)NC(=O)c2cc(C(F)(F)F)cnc2Cl)cc1. The molecule has 1 unspecified atom stereocenters. The number of nitrogens with one attached hydrogen (secondary N) is 1. The number of halogens is 4. The molecular formula is C18H18ClF3N2O2. The molecule has 1 aromatic heterocycles. The molecule has 1 heterocycles. The number of carbonyl (C=O) groups excluding carboxylic acids is 1. The maximum Gasteiger partial charge on any atom is 0.417 e. The van der Waals surface area contributed by atoms with E-state index in [-0.39, 0.29) is 16.8 Å². The van der Waals surface area contributed by atoms with Crippen LogP contribution >= 0.6 is 11.6 Å². The van der Waals surface area contributed by atoms with E-state index in [9.17, 15) is 18.0 Å². The van der Waals surface area contributed by atoms with Gasteiger partial charge in [-0.05, 0) is 43.5 Å². The third kappa shape index (κ3) is 5.36. The van der Waals surface area contributed by atoms with E-state index in [2.05, 4.69) is 10.3 Å². The Morgan fingerprint density at radius 1 is 1.31 bits per heavy atom. The van der Waals surface area contributed by atoms with E-state index in [1.807, 2.05) is 24.3 Å². The van der Waals surface area contributed by atoms with Gasteiger partial charge >= 0.3 is 6.18 Å². The van der Waals surface area contributed by atoms with Gasteiger partial charge < -0.3 is 10.1 Å². The second-order valence-corrected chi connectivity index (χ2v) is 6.18. The normalized spacial score (nSPS) is 12.5. The zero-order valence-corrected chi connectivity index (χ0v) is 15.0. The average Bonchev–Trinajstić information content (AvgIpc) is 2.59. The summed E-state index contributed by atoms with van der Waals surface area (Å²) < 4.78 is 43.4. The molecular weight excluding hydrogens is 369 g/mol. The van der Waals surface area contributed by atoms with Gasteiger partial charge in [0, 0.05) is 12.2 Å². The van der Waals surface area contributed by atoms with Crippen LogP contribution < -0.4 is 10.1 Å². The molecule has 8 heteroatoms. The average molecular weight is 387 g/mol. The Morgan fingerprint density at radius 2 is 1.96 bits per heavy atom. The van der Waals surface area contributed by atoms with Crippen LogP contribution in [0.1, 0.15) is 34.8 Å². The number of amides is 1. The number of hydrogen-bond acceptors (Lipinski definition) is 3. The lowest BCUT2D eigenvalue weighted by Crippen LogP contribution is -2.33. The van der Waals surface area contributed by atoms with E-state index < -0.39 is 17.6 Å². The predicted octanol–water partition coefficient (Wildman–Crippen LogP) is 4.51. The van der Waals surface area contributed by atoms with Gasteiger partial charge in [0.15, 0.2) is 0 Å². The minimum atomic E-state index is -4.59. The first-order chi connectivity index (χ1) is 12.2. The highest BCUT2D eigenvalue weighted by atomic mass is 35.5. The molecule has 26 heavy (non-hydrogen) atoms. The lowest BCUT2D eigenvalue weighted by Gasteiger charge is -2.15. The first-order valence-electron chi connectivity index (χ1n) is 7.87. The summed E-state index contributed by atoms with van der Waals surface area (Å²) in [5.74, 6) is 0.0672. The van der Waals surface area contributed by atoms with Crippen molar-refractivity contribution in [3.05, 3.63) is 58.4 Å². The summed E-state index contributed by atoms with van der Waals surface area (Å²) in [6, 6.07) is 7.97. The van der Waals surface area contributed by atoms with Crippen molar-refractivity contribution in [2.45, 2.75) is 32.0 Å². The molecule has 0 aliphatic rings. The molecule has 1 atom stereocenters. The van der Waals surface area contributed by atoms with E-state index in [0.29, 0.717) is 25.1 Å². The number of methoxy groups -OCH3 is 1. The standard InChI is InChI=1S/C18H18ClF3N2O2/c1-11(3-4-12-5-7-14(26-2)8-6-12)24-17(25)15-9-13(18(20,21)22)10-23-16(15)19/h5-11H,3-4H2,1-2H3,(H,24,25). The van der Waals surface area contributed by atoms with Gasteiger partial charge in [0.25, 0.3) is 5.91 Å². The number of hydrogen-bond donors (Lipinski definition) is 1. The lowest BCUT2D eigenvalue weighted by molar-refractivity contribution is -0.137. The van der Waals surface area contributed by atoms with E-state index >= 15 is 0 Å². The number of ether oxygens (including phenoxy) is 1. The Hall–Kier alpha value is -2.28. The number of nitrogens with zero attached hydrogens (tertiary/aromatic N) is 1. The number of benzene rings is 1. The molecule has 1 N–H and O–H groups in total. The summed E-state index contributed by atoms with van der Waals surface area (Å²) in [5.41, 5.74) is -0.249. The Labute approximate surface area is 154 Å². The molecule has 1 aromatic carbocycles. The molecule has 1 amide bonds. The van der Waals surface area contributed by atoms with Gasteiger partial charge in [-0.25, -0.2) is 4.98 Å². The summed E-state index contributed by atoms with van der Waals surface area (Å²) in [7, 11) is 1.58. The summed E-state index contributed by atoms with van der Waals surface area (Å²) in [4.78, 5) is 15.7. The minimum absolute atomic E-state index is 0.254. The van der Waals surface area contributed by atoms with Crippen molar-refractivity contribution in [1.29, 1.82) is 0 Å². The number of pyridine rings is 1. The molecule has 0 bridgehead atoms. The van der Waals surface area contributed by atoms with E-state index in [1.165, 1.54) is 0 Å². The summed E-state index contributed by atoms with van der Waals surface area (Å²) in [6.45, 7) is 1.77. The molecule has 2 rings (SSSR count). The topological polar surface area (TPSA) is 51.2 Å². The third-order valence-corrected chi connectivity index (χ3v) is 4.11. The summed E-state index contributed by atoms with van der Waals surface area (Å²) in [6.07, 6.45) is -2.68. The van der Waals surface area contributed by atoms with E-state index in [4.69, 9.17) is 16.3 Å². The van der Waals surface area contributed by atoms with Crippen LogP contribution in [-0.4, -0.2) is 24.0 Å². The van der Waals surface area contributed by atoms with Crippen molar-refractivity contribution >= 4 is 17.5 Å². The molecule has 4 nitrogen and oxygen atoms in total. The fourth-order valence-corrected chi connectivity index (χ4v) is 2.50. The Morgan fingerprint density at radius 3 is 2.54 bits per heavy atom. The number of aryl methyl sites for hydroxylation is 1. The number of carbonyl (C=O) groups is 1. The van der Waals surface area contributed by atoms with Crippen LogP contribution in [0.2, 0.25) is 5.15 Å². The van der Waals surface area contributed by atoms with Crippen LogP contribution in [0.25, 0.3) is 0 Å². The zero-order valence-electron chi connectivity index (χ0n) is 14.2. The third-order valence-electron chi connectivity index (χ3n) is 3.81. The lowest BCUT2D eigenvalue weighted by atomic mass is 10.1. The predicted molar refractivity (Wildman–Crippen MR) is 92.5 cm³/mol. The van der Waals surface area contributed by atoms with Crippen molar-refractivity contribution in [3.63, 3.8) is 0 Å². The molecule has 0 aliphatic carbocycles. The molecule has 2 aromatic rings.